The van der Waals surface area contributed by atoms with Crippen LogP contribution in [0.15, 0.2) is 0 Å². The Bertz CT molecular complexity index is 264. The van der Waals surface area contributed by atoms with Gasteiger partial charge in [0.15, 0.2) is 0 Å². The molecule has 1 fully saturated rings. The number of methoxy groups -OCH3 is 1. The number of ether oxygens (including phenoxy) is 1. The van der Waals surface area contributed by atoms with E-state index in [4.69, 9.17) is 10.1 Å². The van der Waals surface area contributed by atoms with E-state index in [2.05, 4.69) is 13.8 Å². The van der Waals surface area contributed by atoms with Crippen LogP contribution in [-0.4, -0.2) is 36.4 Å². The van der Waals surface area contributed by atoms with Crippen LogP contribution in [0.1, 0.15) is 39.5 Å². The van der Waals surface area contributed by atoms with Crippen LogP contribution in [0, 0.1) is 11.3 Å². The fourth-order valence-corrected chi connectivity index (χ4v) is 2.13. The molecule has 0 aliphatic carbocycles. The van der Waals surface area contributed by atoms with E-state index >= 15 is 0 Å². The summed E-state index contributed by atoms with van der Waals surface area (Å²) in [6.45, 7) is 4.98. The number of carbonyl (C=O) groups is 1. The topological polar surface area (TPSA) is 53.4 Å². The molecule has 16 heavy (non-hydrogen) atoms. The molecule has 0 radical (unpaired) electrons. The third-order valence-corrected chi connectivity index (χ3v) is 2.95. The molecule has 0 spiro atoms. The Balaban J connectivity index is 2.73. The van der Waals surface area contributed by atoms with Crippen LogP contribution in [0.25, 0.3) is 0 Å². The molecule has 1 unspecified atom stereocenters. The second-order valence-electron chi connectivity index (χ2n) is 4.77. The van der Waals surface area contributed by atoms with Gasteiger partial charge in [-0.25, -0.2) is 4.79 Å². The van der Waals surface area contributed by atoms with E-state index in [-0.39, 0.29) is 12.0 Å². The van der Waals surface area contributed by atoms with Crippen molar-refractivity contribution in [3.63, 3.8) is 0 Å². The lowest BCUT2D eigenvalue weighted by Crippen LogP contribution is -2.48. The first-order chi connectivity index (χ1) is 7.56. The molecule has 4 heteroatoms. The standard InChI is InChI=1S/C12H22N2O2/c1-9(2)8-10(12(15)16-3)14-7-5-4-6-11(14)13/h9-10,13H,4-8H2,1-3H3. The molecule has 0 saturated carbocycles. The van der Waals surface area contributed by atoms with Crippen molar-refractivity contribution < 1.29 is 9.53 Å². The number of likely N-dealkylation sites (tertiary alicyclic amines) is 1. The van der Waals surface area contributed by atoms with Gasteiger partial charge in [-0.2, -0.15) is 0 Å². The highest BCUT2D eigenvalue weighted by atomic mass is 16.5. The summed E-state index contributed by atoms with van der Waals surface area (Å²) in [6.07, 6.45) is 3.67. The lowest BCUT2D eigenvalue weighted by molar-refractivity contribution is -0.146. The zero-order chi connectivity index (χ0) is 12.1. The number of carbonyl (C=O) groups excluding carboxylic acids is 1. The minimum absolute atomic E-state index is 0.208. The van der Waals surface area contributed by atoms with Crippen molar-refractivity contribution in [2.24, 2.45) is 5.92 Å². The highest BCUT2D eigenvalue weighted by molar-refractivity contribution is 5.86. The number of nitrogens with zero attached hydrogens (tertiary/aromatic N) is 1. The van der Waals surface area contributed by atoms with Crippen LogP contribution in [-0.2, 0) is 9.53 Å². The maximum atomic E-state index is 11.7. The number of piperidine rings is 1. The normalized spacial score (nSPS) is 18.8. The molecule has 1 aliphatic rings. The summed E-state index contributed by atoms with van der Waals surface area (Å²) in [5, 5.41) is 7.91. The van der Waals surface area contributed by atoms with Crippen LogP contribution in [0.4, 0.5) is 0 Å². The zero-order valence-electron chi connectivity index (χ0n) is 10.5. The molecule has 1 atom stereocenters. The van der Waals surface area contributed by atoms with E-state index < -0.39 is 0 Å². The van der Waals surface area contributed by atoms with Crippen LogP contribution in [0.2, 0.25) is 0 Å². The summed E-state index contributed by atoms with van der Waals surface area (Å²) in [6, 6.07) is -0.266. The number of rotatable bonds is 4. The van der Waals surface area contributed by atoms with E-state index in [1.807, 2.05) is 4.90 Å². The molecular weight excluding hydrogens is 204 g/mol. The lowest BCUT2D eigenvalue weighted by Gasteiger charge is -2.35. The van der Waals surface area contributed by atoms with E-state index in [0.717, 1.165) is 32.2 Å². The van der Waals surface area contributed by atoms with Gasteiger partial charge in [-0.15, -0.1) is 0 Å². The molecule has 1 aliphatic heterocycles. The predicted molar refractivity (Wildman–Crippen MR) is 63.5 cm³/mol. The van der Waals surface area contributed by atoms with Crippen molar-refractivity contribution >= 4 is 11.8 Å². The summed E-state index contributed by atoms with van der Waals surface area (Å²) >= 11 is 0. The molecular formula is C12H22N2O2. The Labute approximate surface area is 97.5 Å². The Hall–Kier alpha value is -1.06. The molecule has 0 aromatic rings. The maximum absolute atomic E-state index is 11.7. The average Bonchev–Trinajstić information content (AvgIpc) is 2.26. The Morgan fingerprint density at radius 3 is 2.69 bits per heavy atom. The van der Waals surface area contributed by atoms with Gasteiger partial charge < -0.3 is 9.64 Å². The number of hydrogen-bond donors (Lipinski definition) is 1. The fourth-order valence-electron chi connectivity index (χ4n) is 2.13. The first-order valence-electron chi connectivity index (χ1n) is 5.98. The third-order valence-electron chi connectivity index (χ3n) is 2.95. The van der Waals surface area contributed by atoms with E-state index in [1.54, 1.807) is 0 Å². The first kappa shape index (κ1) is 13.0. The average molecular weight is 226 g/mol. The summed E-state index contributed by atoms with van der Waals surface area (Å²) in [7, 11) is 1.42. The van der Waals surface area contributed by atoms with Crippen molar-refractivity contribution in [2.75, 3.05) is 13.7 Å². The fraction of sp³-hybridized carbons (Fsp3) is 0.833. The van der Waals surface area contributed by atoms with Crippen molar-refractivity contribution in [1.29, 1.82) is 5.41 Å². The molecule has 1 heterocycles. The smallest absolute Gasteiger partial charge is 0.328 e. The van der Waals surface area contributed by atoms with Crippen LogP contribution >= 0.6 is 0 Å². The number of amidine groups is 1. The molecule has 0 aromatic carbocycles. The van der Waals surface area contributed by atoms with Crippen molar-refractivity contribution in [2.45, 2.75) is 45.6 Å². The van der Waals surface area contributed by atoms with Gasteiger partial charge in [-0.1, -0.05) is 13.8 Å². The van der Waals surface area contributed by atoms with Crippen molar-refractivity contribution in [3.05, 3.63) is 0 Å². The lowest BCUT2D eigenvalue weighted by atomic mass is 9.99. The number of esters is 1. The SMILES string of the molecule is COC(=O)C(CC(C)C)N1CCCCC1=N. The summed E-state index contributed by atoms with van der Waals surface area (Å²) in [4.78, 5) is 13.6. The van der Waals surface area contributed by atoms with Gasteiger partial charge in [0.1, 0.15) is 6.04 Å². The molecule has 92 valence electrons. The van der Waals surface area contributed by atoms with Gasteiger partial charge in [0.2, 0.25) is 0 Å². The van der Waals surface area contributed by atoms with Gasteiger partial charge in [0.05, 0.1) is 12.9 Å². The van der Waals surface area contributed by atoms with Gasteiger partial charge >= 0.3 is 5.97 Å². The van der Waals surface area contributed by atoms with Crippen molar-refractivity contribution in [3.8, 4) is 0 Å². The van der Waals surface area contributed by atoms with Gasteiger partial charge in [-0.05, 0) is 25.2 Å². The van der Waals surface area contributed by atoms with Crippen LogP contribution < -0.4 is 0 Å². The quantitative estimate of drug-likeness (QED) is 0.746. The third kappa shape index (κ3) is 3.22. The van der Waals surface area contributed by atoms with Crippen molar-refractivity contribution in [1.82, 2.24) is 4.90 Å². The second-order valence-corrected chi connectivity index (χ2v) is 4.77. The maximum Gasteiger partial charge on any atom is 0.328 e. The largest absolute Gasteiger partial charge is 0.467 e. The Kier molecular flexibility index (Phi) is 4.77. The monoisotopic (exact) mass is 226 g/mol. The Morgan fingerprint density at radius 1 is 1.50 bits per heavy atom. The van der Waals surface area contributed by atoms with E-state index in [9.17, 15) is 4.79 Å². The number of nitrogens with one attached hydrogen (secondary N) is 1. The minimum Gasteiger partial charge on any atom is -0.467 e. The minimum atomic E-state index is -0.266. The molecule has 0 aromatic heterocycles. The van der Waals surface area contributed by atoms with Gasteiger partial charge in [-0.3, -0.25) is 5.41 Å². The summed E-state index contributed by atoms with van der Waals surface area (Å²) in [5.74, 6) is 0.807. The van der Waals surface area contributed by atoms with Gasteiger partial charge in [0.25, 0.3) is 0 Å². The summed E-state index contributed by atoms with van der Waals surface area (Å²) in [5.41, 5.74) is 0. The predicted octanol–water partition coefficient (Wildman–Crippen LogP) is 2.04. The Morgan fingerprint density at radius 2 is 2.19 bits per heavy atom. The van der Waals surface area contributed by atoms with E-state index in [0.29, 0.717) is 11.8 Å². The zero-order valence-corrected chi connectivity index (χ0v) is 10.5. The molecule has 4 nitrogen and oxygen atoms in total. The molecule has 1 saturated heterocycles. The summed E-state index contributed by atoms with van der Waals surface area (Å²) < 4.78 is 4.84. The first-order valence-corrected chi connectivity index (χ1v) is 5.98. The molecule has 0 amide bonds. The highest BCUT2D eigenvalue weighted by Gasteiger charge is 2.30. The molecule has 0 bridgehead atoms. The second kappa shape index (κ2) is 5.87. The highest BCUT2D eigenvalue weighted by Crippen LogP contribution is 2.19. The van der Waals surface area contributed by atoms with Crippen LogP contribution in [0.5, 0.6) is 0 Å². The molecule has 1 rings (SSSR count). The number of hydrogen-bond acceptors (Lipinski definition) is 3. The molecule has 1 N–H and O–H groups in total. The van der Waals surface area contributed by atoms with Gasteiger partial charge in [0, 0.05) is 13.0 Å². The van der Waals surface area contributed by atoms with E-state index in [1.165, 1.54) is 7.11 Å². The van der Waals surface area contributed by atoms with Crippen LogP contribution in [0.3, 0.4) is 0 Å².